The molecule has 2 aromatic heterocycles. The van der Waals surface area contributed by atoms with Crippen LogP contribution in [0.2, 0.25) is 0 Å². The fourth-order valence-electron chi connectivity index (χ4n) is 3.23. The number of halogens is 1. The normalized spacial score (nSPS) is 10.8. The maximum Gasteiger partial charge on any atom is 0.247 e. The third-order valence-corrected chi connectivity index (χ3v) is 4.54. The summed E-state index contributed by atoms with van der Waals surface area (Å²) in [6, 6.07) is 14.6. The number of pyridine rings is 1. The number of H-pyrrole nitrogens is 1. The molecule has 5 heteroatoms. The Bertz CT molecular complexity index is 1210. The second kappa shape index (κ2) is 7.12. The van der Waals surface area contributed by atoms with Crippen LogP contribution >= 0.6 is 0 Å². The highest BCUT2D eigenvalue weighted by Gasteiger charge is 2.11. The first kappa shape index (κ1) is 17.7. The van der Waals surface area contributed by atoms with Crippen LogP contribution in [-0.4, -0.2) is 15.9 Å². The van der Waals surface area contributed by atoms with E-state index in [4.69, 9.17) is 0 Å². The van der Waals surface area contributed by atoms with Crippen LogP contribution in [0.3, 0.4) is 0 Å². The molecule has 0 saturated carbocycles. The largest absolute Gasteiger partial charge is 0.346 e. The number of fused-ring (bicyclic) bond motifs is 1. The average Bonchev–Trinajstić information content (AvgIpc) is 3.10. The van der Waals surface area contributed by atoms with Gasteiger partial charge in [-0.1, -0.05) is 36.4 Å². The van der Waals surface area contributed by atoms with Crippen LogP contribution in [0.4, 0.5) is 10.1 Å². The van der Waals surface area contributed by atoms with Gasteiger partial charge in [-0.15, -0.1) is 0 Å². The smallest absolute Gasteiger partial charge is 0.247 e. The van der Waals surface area contributed by atoms with Crippen LogP contribution in [0.15, 0.2) is 73.6 Å². The number of nitrogens with zero attached hydrogens (tertiary/aromatic N) is 1. The first-order valence-corrected chi connectivity index (χ1v) is 8.82. The molecule has 138 valence electrons. The zero-order valence-electron chi connectivity index (χ0n) is 15.3. The number of hydrogen-bond donors (Lipinski definition) is 2. The first-order valence-electron chi connectivity index (χ1n) is 8.82. The van der Waals surface area contributed by atoms with Gasteiger partial charge in [-0.05, 0) is 48.4 Å². The summed E-state index contributed by atoms with van der Waals surface area (Å²) in [6.07, 6.45) is 4.76. The molecule has 2 N–H and O–H groups in total. The number of benzene rings is 2. The van der Waals surface area contributed by atoms with Gasteiger partial charge in [-0.3, -0.25) is 4.79 Å². The van der Waals surface area contributed by atoms with Crippen LogP contribution in [0, 0.1) is 12.7 Å². The summed E-state index contributed by atoms with van der Waals surface area (Å²) in [6.45, 7) is 5.46. The maximum atomic E-state index is 14.1. The molecule has 0 aliphatic heterocycles. The maximum absolute atomic E-state index is 14.1. The van der Waals surface area contributed by atoms with Crippen molar-refractivity contribution >= 4 is 22.6 Å². The third-order valence-electron chi connectivity index (χ3n) is 4.54. The molecule has 4 nitrogen and oxygen atoms in total. The molecule has 0 saturated heterocycles. The average molecular weight is 371 g/mol. The molecule has 0 aliphatic carbocycles. The minimum atomic E-state index is -0.440. The molecule has 2 heterocycles. The summed E-state index contributed by atoms with van der Waals surface area (Å²) < 4.78 is 14.1. The molecule has 0 fully saturated rings. The van der Waals surface area contributed by atoms with Gasteiger partial charge in [0.1, 0.15) is 11.5 Å². The number of aromatic nitrogens is 2. The highest BCUT2D eigenvalue weighted by Crippen LogP contribution is 2.32. The second-order valence-electron chi connectivity index (χ2n) is 6.61. The van der Waals surface area contributed by atoms with Gasteiger partial charge >= 0.3 is 0 Å². The van der Waals surface area contributed by atoms with Crippen molar-refractivity contribution in [3.8, 4) is 22.3 Å². The van der Waals surface area contributed by atoms with Gasteiger partial charge in [0.2, 0.25) is 5.91 Å². The predicted octanol–water partition coefficient (Wildman–Crippen LogP) is 5.47. The highest BCUT2D eigenvalue weighted by molar-refractivity contribution is 5.99. The van der Waals surface area contributed by atoms with Gasteiger partial charge in [0, 0.05) is 34.6 Å². The number of hydrogen-bond acceptors (Lipinski definition) is 2. The number of aryl methyl sites for hydroxylation is 1. The Morgan fingerprint density at radius 3 is 2.79 bits per heavy atom. The van der Waals surface area contributed by atoms with E-state index < -0.39 is 11.7 Å². The topological polar surface area (TPSA) is 57.8 Å². The summed E-state index contributed by atoms with van der Waals surface area (Å²) in [5.41, 5.74) is 5.81. The van der Waals surface area contributed by atoms with E-state index in [1.807, 2.05) is 37.4 Å². The van der Waals surface area contributed by atoms with Crippen molar-refractivity contribution in [2.45, 2.75) is 6.92 Å². The van der Waals surface area contributed by atoms with E-state index in [9.17, 15) is 9.18 Å². The van der Waals surface area contributed by atoms with E-state index in [-0.39, 0.29) is 0 Å². The van der Waals surface area contributed by atoms with Crippen LogP contribution in [-0.2, 0) is 4.79 Å². The zero-order valence-corrected chi connectivity index (χ0v) is 15.3. The standard InChI is InChI=1S/C23H18FN3O/c1-3-22(28)27-19-9-16(8-18(24)11-19)17-10-20-21(13-26-23(20)25-12-17)15-6-4-5-14(2)7-15/h3-13H,1H2,2H3,(H,25,26)(H,27,28). The quantitative estimate of drug-likeness (QED) is 0.468. The van der Waals surface area contributed by atoms with E-state index in [1.165, 1.54) is 17.7 Å². The molecule has 4 aromatic rings. The molecular formula is C23H18FN3O. The summed E-state index contributed by atoms with van der Waals surface area (Å²) >= 11 is 0. The second-order valence-corrected chi connectivity index (χ2v) is 6.61. The Hall–Kier alpha value is -3.73. The Kier molecular flexibility index (Phi) is 4.49. The third kappa shape index (κ3) is 3.42. The monoisotopic (exact) mass is 371 g/mol. The van der Waals surface area contributed by atoms with Gasteiger partial charge in [0.05, 0.1) is 0 Å². The lowest BCUT2D eigenvalue weighted by Gasteiger charge is -2.08. The van der Waals surface area contributed by atoms with Crippen LogP contribution in [0.1, 0.15) is 5.56 Å². The van der Waals surface area contributed by atoms with E-state index in [0.29, 0.717) is 11.3 Å². The highest BCUT2D eigenvalue weighted by atomic mass is 19.1. The number of anilines is 1. The number of nitrogens with one attached hydrogen (secondary N) is 2. The molecule has 0 radical (unpaired) electrons. The number of amides is 1. The lowest BCUT2D eigenvalue weighted by atomic mass is 10.0. The molecule has 28 heavy (non-hydrogen) atoms. The molecule has 1 amide bonds. The van der Waals surface area contributed by atoms with Crippen LogP contribution in [0.25, 0.3) is 33.3 Å². The lowest BCUT2D eigenvalue weighted by molar-refractivity contribution is -0.111. The SMILES string of the molecule is C=CC(=O)Nc1cc(F)cc(-c2cnc3[nH]cc(-c4cccc(C)c4)c3c2)c1. The minimum Gasteiger partial charge on any atom is -0.346 e. The summed E-state index contributed by atoms with van der Waals surface area (Å²) in [4.78, 5) is 19.2. The van der Waals surface area contributed by atoms with E-state index in [1.54, 1.807) is 12.3 Å². The Labute approximate surface area is 161 Å². The van der Waals surface area contributed by atoms with Crippen molar-refractivity contribution < 1.29 is 9.18 Å². The Balaban J connectivity index is 1.81. The number of rotatable bonds is 4. The van der Waals surface area contributed by atoms with E-state index >= 15 is 0 Å². The Morgan fingerprint density at radius 1 is 1.14 bits per heavy atom. The van der Waals surface area contributed by atoms with E-state index in [0.717, 1.165) is 33.8 Å². The van der Waals surface area contributed by atoms with Crippen molar-refractivity contribution in [3.63, 3.8) is 0 Å². The van der Waals surface area contributed by atoms with Gasteiger partial charge in [0.15, 0.2) is 0 Å². The van der Waals surface area contributed by atoms with Crippen molar-refractivity contribution in [3.05, 3.63) is 85.0 Å². The van der Waals surface area contributed by atoms with Gasteiger partial charge in [0.25, 0.3) is 0 Å². The molecule has 0 aliphatic rings. The van der Waals surface area contributed by atoms with E-state index in [2.05, 4.69) is 27.9 Å². The van der Waals surface area contributed by atoms with Gasteiger partial charge < -0.3 is 10.3 Å². The zero-order chi connectivity index (χ0) is 19.7. The van der Waals surface area contributed by atoms with Gasteiger partial charge in [-0.2, -0.15) is 0 Å². The molecule has 0 unspecified atom stereocenters. The Morgan fingerprint density at radius 2 is 2.00 bits per heavy atom. The van der Waals surface area contributed by atoms with Crippen molar-refractivity contribution in [1.82, 2.24) is 9.97 Å². The van der Waals surface area contributed by atoms with Crippen molar-refractivity contribution in [2.75, 3.05) is 5.32 Å². The summed E-state index contributed by atoms with van der Waals surface area (Å²) in [7, 11) is 0. The first-order chi connectivity index (χ1) is 13.5. The number of aromatic amines is 1. The minimum absolute atomic E-state index is 0.368. The summed E-state index contributed by atoms with van der Waals surface area (Å²) in [5.74, 6) is -0.831. The fraction of sp³-hybridized carbons (Fsp3) is 0.0435. The fourth-order valence-corrected chi connectivity index (χ4v) is 3.23. The molecule has 0 spiro atoms. The van der Waals surface area contributed by atoms with Crippen molar-refractivity contribution in [2.24, 2.45) is 0 Å². The van der Waals surface area contributed by atoms with Crippen LogP contribution in [0.5, 0.6) is 0 Å². The molecule has 0 atom stereocenters. The number of carbonyl (C=O) groups excluding carboxylic acids is 1. The summed E-state index contributed by atoms with van der Waals surface area (Å²) in [5, 5.41) is 3.54. The van der Waals surface area contributed by atoms with Crippen molar-refractivity contribution in [1.29, 1.82) is 0 Å². The van der Waals surface area contributed by atoms with Gasteiger partial charge in [-0.25, -0.2) is 9.37 Å². The molecule has 2 aromatic carbocycles. The molecule has 4 rings (SSSR count). The van der Waals surface area contributed by atoms with Crippen LogP contribution < -0.4 is 5.32 Å². The lowest BCUT2D eigenvalue weighted by Crippen LogP contribution is -2.07. The molecule has 0 bridgehead atoms. The molecular weight excluding hydrogens is 353 g/mol. The predicted molar refractivity (Wildman–Crippen MR) is 110 cm³/mol. The number of carbonyl (C=O) groups is 1.